The van der Waals surface area contributed by atoms with Gasteiger partial charge >= 0.3 is 5.97 Å². The molecule has 0 radical (unpaired) electrons. The Morgan fingerprint density at radius 1 is 1.27 bits per heavy atom. The zero-order valence-corrected chi connectivity index (χ0v) is 14.9. The first-order chi connectivity index (χ1) is 12.5. The Morgan fingerprint density at radius 3 is 2.77 bits per heavy atom. The van der Waals surface area contributed by atoms with E-state index in [1.807, 2.05) is 4.90 Å². The van der Waals surface area contributed by atoms with Crippen LogP contribution in [0, 0.1) is 5.92 Å². The van der Waals surface area contributed by atoms with Gasteiger partial charge in [0.15, 0.2) is 0 Å². The van der Waals surface area contributed by atoms with Crippen LogP contribution in [0.5, 0.6) is 0 Å². The molecule has 140 valence electrons. The van der Waals surface area contributed by atoms with Crippen LogP contribution in [0.3, 0.4) is 0 Å². The molecular weight excluding hydrogens is 334 g/mol. The minimum absolute atomic E-state index is 0.122. The summed E-state index contributed by atoms with van der Waals surface area (Å²) in [6, 6.07) is 6.45. The Morgan fingerprint density at radius 2 is 2.04 bits per heavy atom. The third-order valence-corrected chi connectivity index (χ3v) is 5.44. The first-order valence-corrected chi connectivity index (χ1v) is 9.03. The Labute approximate surface area is 152 Å². The standard InChI is InChI=1S/C19H25N3O4/c1-26-19(25)13-6-4-7-14(9-13)21-17(23)11-22-15-8-3-2-5-12(15)10-16(22)18(20)24/h4,6-7,9,12,15-16H,2-3,5,8,10-11H2,1H3,(H2,20,24)(H,21,23)/t12-,15+,16+/m1/s1. The Hall–Kier alpha value is -2.41. The molecule has 0 spiro atoms. The van der Waals surface area contributed by atoms with E-state index in [0.29, 0.717) is 17.2 Å². The number of benzene rings is 1. The molecule has 26 heavy (non-hydrogen) atoms. The first kappa shape index (κ1) is 18.4. The van der Waals surface area contributed by atoms with E-state index in [-0.39, 0.29) is 30.4 Å². The molecule has 2 amide bonds. The summed E-state index contributed by atoms with van der Waals surface area (Å²) in [6.45, 7) is 0.122. The van der Waals surface area contributed by atoms with Gasteiger partial charge in [0, 0.05) is 11.7 Å². The summed E-state index contributed by atoms with van der Waals surface area (Å²) in [7, 11) is 1.31. The van der Waals surface area contributed by atoms with Gasteiger partial charge in [-0.3, -0.25) is 14.5 Å². The van der Waals surface area contributed by atoms with Crippen LogP contribution in [0.4, 0.5) is 5.69 Å². The molecule has 1 aliphatic heterocycles. The van der Waals surface area contributed by atoms with Crippen molar-refractivity contribution in [3.05, 3.63) is 29.8 Å². The number of hydrogen-bond donors (Lipinski definition) is 2. The predicted octanol–water partition coefficient (Wildman–Crippen LogP) is 1.53. The number of nitrogens with zero attached hydrogens (tertiary/aromatic N) is 1. The molecule has 1 saturated carbocycles. The minimum atomic E-state index is -0.459. The molecule has 0 aromatic heterocycles. The molecule has 3 N–H and O–H groups in total. The molecule has 2 aliphatic rings. The monoisotopic (exact) mass is 359 g/mol. The molecule has 1 aliphatic carbocycles. The zero-order valence-electron chi connectivity index (χ0n) is 14.9. The number of hydrogen-bond acceptors (Lipinski definition) is 5. The van der Waals surface area contributed by atoms with Crippen molar-refractivity contribution in [2.45, 2.75) is 44.2 Å². The highest BCUT2D eigenvalue weighted by Gasteiger charge is 2.44. The van der Waals surface area contributed by atoms with E-state index in [1.54, 1.807) is 24.3 Å². The third-order valence-electron chi connectivity index (χ3n) is 5.44. The van der Waals surface area contributed by atoms with Gasteiger partial charge in [0.25, 0.3) is 0 Å². The quantitative estimate of drug-likeness (QED) is 0.776. The van der Waals surface area contributed by atoms with Gasteiger partial charge in [-0.1, -0.05) is 18.9 Å². The van der Waals surface area contributed by atoms with Crippen molar-refractivity contribution in [1.82, 2.24) is 4.90 Å². The van der Waals surface area contributed by atoms with E-state index in [4.69, 9.17) is 10.5 Å². The lowest BCUT2D eigenvalue weighted by Crippen LogP contribution is -2.48. The number of methoxy groups -OCH3 is 1. The summed E-state index contributed by atoms with van der Waals surface area (Å²) in [5, 5.41) is 2.80. The van der Waals surface area contributed by atoms with Gasteiger partial charge in [0.05, 0.1) is 25.3 Å². The molecule has 1 aromatic rings. The van der Waals surface area contributed by atoms with E-state index in [2.05, 4.69) is 5.32 Å². The maximum Gasteiger partial charge on any atom is 0.337 e. The smallest absolute Gasteiger partial charge is 0.337 e. The van der Waals surface area contributed by atoms with Crippen LogP contribution in [-0.2, 0) is 14.3 Å². The third kappa shape index (κ3) is 3.88. The lowest BCUT2D eigenvalue weighted by molar-refractivity contribution is -0.124. The molecule has 7 nitrogen and oxygen atoms in total. The van der Waals surface area contributed by atoms with Crippen LogP contribution >= 0.6 is 0 Å². The maximum atomic E-state index is 12.5. The fourth-order valence-electron chi connectivity index (χ4n) is 4.27. The van der Waals surface area contributed by atoms with Gasteiger partial charge in [0.1, 0.15) is 0 Å². The fourth-order valence-corrected chi connectivity index (χ4v) is 4.27. The topological polar surface area (TPSA) is 102 Å². The van der Waals surface area contributed by atoms with Crippen molar-refractivity contribution in [1.29, 1.82) is 0 Å². The number of likely N-dealkylation sites (tertiary alicyclic amines) is 1. The van der Waals surface area contributed by atoms with E-state index in [1.165, 1.54) is 13.5 Å². The van der Waals surface area contributed by atoms with Crippen molar-refractivity contribution >= 4 is 23.5 Å². The largest absolute Gasteiger partial charge is 0.465 e. The van der Waals surface area contributed by atoms with Crippen LogP contribution in [0.15, 0.2) is 24.3 Å². The highest BCUT2D eigenvalue weighted by Crippen LogP contribution is 2.39. The highest BCUT2D eigenvalue weighted by molar-refractivity contribution is 5.95. The number of primary amides is 1. The number of ether oxygens (including phenoxy) is 1. The lowest BCUT2D eigenvalue weighted by atomic mass is 9.84. The predicted molar refractivity (Wildman–Crippen MR) is 96.5 cm³/mol. The molecule has 1 aromatic carbocycles. The van der Waals surface area contributed by atoms with Crippen LogP contribution in [-0.4, -0.2) is 48.4 Å². The highest BCUT2D eigenvalue weighted by atomic mass is 16.5. The van der Waals surface area contributed by atoms with E-state index in [0.717, 1.165) is 25.7 Å². The number of rotatable bonds is 5. The number of fused-ring (bicyclic) bond motifs is 1. The fraction of sp³-hybridized carbons (Fsp3) is 0.526. The van der Waals surface area contributed by atoms with Gasteiger partial charge in [-0.25, -0.2) is 4.79 Å². The zero-order chi connectivity index (χ0) is 18.7. The van der Waals surface area contributed by atoms with Crippen LogP contribution in [0.1, 0.15) is 42.5 Å². The van der Waals surface area contributed by atoms with Crippen LogP contribution in [0.25, 0.3) is 0 Å². The number of anilines is 1. The summed E-state index contributed by atoms with van der Waals surface area (Å²) in [6.07, 6.45) is 5.12. The van der Waals surface area contributed by atoms with Gasteiger partial charge in [-0.2, -0.15) is 0 Å². The average molecular weight is 359 g/mol. The summed E-state index contributed by atoms with van der Waals surface area (Å²) in [5.41, 5.74) is 6.47. The SMILES string of the molecule is COC(=O)c1cccc(NC(=O)CN2[C@H](C(N)=O)C[C@H]3CCCC[C@@H]32)c1. The molecule has 0 unspecified atom stereocenters. The second kappa shape index (κ2) is 7.86. The van der Waals surface area contributed by atoms with Crippen molar-refractivity contribution in [3.8, 4) is 0 Å². The van der Waals surface area contributed by atoms with Gasteiger partial charge < -0.3 is 15.8 Å². The summed E-state index contributed by atoms with van der Waals surface area (Å²) >= 11 is 0. The molecule has 3 atom stereocenters. The van der Waals surface area contributed by atoms with E-state index in [9.17, 15) is 14.4 Å². The van der Waals surface area contributed by atoms with Gasteiger partial charge in [-0.05, 0) is 43.4 Å². The molecule has 3 rings (SSSR count). The number of carbonyl (C=O) groups excluding carboxylic acids is 3. The number of carbonyl (C=O) groups is 3. The van der Waals surface area contributed by atoms with Gasteiger partial charge in [0.2, 0.25) is 11.8 Å². The van der Waals surface area contributed by atoms with Gasteiger partial charge in [-0.15, -0.1) is 0 Å². The second-order valence-electron chi connectivity index (χ2n) is 7.06. The van der Waals surface area contributed by atoms with Crippen LogP contribution in [0.2, 0.25) is 0 Å². The van der Waals surface area contributed by atoms with Crippen molar-refractivity contribution in [3.63, 3.8) is 0 Å². The normalized spacial score (nSPS) is 25.3. The summed E-state index contributed by atoms with van der Waals surface area (Å²) in [4.78, 5) is 38.0. The summed E-state index contributed by atoms with van der Waals surface area (Å²) < 4.78 is 4.69. The molecular formula is C19H25N3O4. The Bertz CT molecular complexity index is 706. The molecule has 0 bridgehead atoms. The Kier molecular flexibility index (Phi) is 5.56. The van der Waals surface area contributed by atoms with Crippen molar-refractivity contribution in [2.75, 3.05) is 19.0 Å². The molecule has 1 heterocycles. The second-order valence-corrected chi connectivity index (χ2v) is 7.06. The number of nitrogens with one attached hydrogen (secondary N) is 1. The molecule has 7 heteroatoms. The van der Waals surface area contributed by atoms with Crippen LogP contribution < -0.4 is 11.1 Å². The first-order valence-electron chi connectivity index (χ1n) is 9.03. The lowest BCUT2D eigenvalue weighted by Gasteiger charge is -2.32. The summed E-state index contributed by atoms with van der Waals surface area (Å²) in [5.74, 6) is -0.597. The number of amides is 2. The van der Waals surface area contributed by atoms with E-state index < -0.39 is 5.97 Å². The minimum Gasteiger partial charge on any atom is -0.465 e. The number of nitrogens with two attached hydrogens (primary N) is 1. The van der Waals surface area contributed by atoms with Crippen molar-refractivity contribution < 1.29 is 19.1 Å². The molecule has 2 fully saturated rings. The van der Waals surface area contributed by atoms with E-state index >= 15 is 0 Å². The molecule has 1 saturated heterocycles. The average Bonchev–Trinajstić information content (AvgIpc) is 3.00. The number of esters is 1. The van der Waals surface area contributed by atoms with Crippen molar-refractivity contribution in [2.24, 2.45) is 11.7 Å². The maximum absolute atomic E-state index is 12.5. The Balaban J connectivity index is 1.68.